The average molecular weight is 197 g/mol. The first kappa shape index (κ1) is 10.1. The number of morpholine rings is 1. The molecule has 14 heavy (non-hydrogen) atoms. The molecule has 3 nitrogen and oxygen atoms in total. The number of Topliss-reactive ketones (excluding diaryl/α,β-unsaturated/α-hetero) is 1. The van der Waals surface area contributed by atoms with Crippen LogP contribution in [0.1, 0.15) is 32.6 Å². The van der Waals surface area contributed by atoms with E-state index in [1.807, 2.05) is 0 Å². The molecular formula is C11H19NO2. The number of nitrogens with one attached hydrogen (secondary N) is 1. The third-order valence-electron chi connectivity index (χ3n) is 3.22. The molecule has 2 aliphatic rings. The summed E-state index contributed by atoms with van der Waals surface area (Å²) in [7, 11) is 0. The van der Waals surface area contributed by atoms with Crippen molar-refractivity contribution in [2.75, 3.05) is 13.2 Å². The van der Waals surface area contributed by atoms with E-state index in [9.17, 15) is 4.79 Å². The van der Waals surface area contributed by atoms with Gasteiger partial charge in [-0.15, -0.1) is 0 Å². The van der Waals surface area contributed by atoms with Crippen LogP contribution in [0, 0.1) is 5.92 Å². The van der Waals surface area contributed by atoms with Crippen molar-refractivity contribution in [1.29, 1.82) is 0 Å². The van der Waals surface area contributed by atoms with Crippen LogP contribution in [0.5, 0.6) is 0 Å². The Bertz CT molecular complexity index is 213. The van der Waals surface area contributed by atoms with Crippen LogP contribution in [-0.2, 0) is 9.53 Å². The molecule has 1 heterocycles. The highest BCUT2D eigenvalue weighted by molar-refractivity contribution is 5.82. The summed E-state index contributed by atoms with van der Waals surface area (Å²) in [4.78, 5) is 11.7. The van der Waals surface area contributed by atoms with Gasteiger partial charge in [0.05, 0.1) is 13.2 Å². The number of ketones is 1. The minimum atomic E-state index is 0.256. The van der Waals surface area contributed by atoms with Crippen LogP contribution in [0.15, 0.2) is 0 Å². The lowest BCUT2D eigenvalue weighted by Crippen LogP contribution is -2.48. The van der Waals surface area contributed by atoms with Crippen LogP contribution in [0.3, 0.4) is 0 Å². The molecule has 2 atom stereocenters. The quantitative estimate of drug-likeness (QED) is 0.737. The molecule has 0 spiro atoms. The third kappa shape index (κ3) is 2.34. The molecule has 0 aromatic carbocycles. The molecule has 0 amide bonds. The molecule has 0 aromatic rings. The summed E-state index contributed by atoms with van der Waals surface area (Å²) >= 11 is 0. The second kappa shape index (κ2) is 4.41. The Balaban J connectivity index is 1.75. The van der Waals surface area contributed by atoms with Crippen molar-refractivity contribution >= 4 is 5.78 Å². The first-order valence-electron chi connectivity index (χ1n) is 5.62. The number of carbonyl (C=O) groups excluding carboxylic acids is 1. The van der Waals surface area contributed by atoms with E-state index in [0.717, 1.165) is 19.4 Å². The van der Waals surface area contributed by atoms with Gasteiger partial charge < -0.3 is 10.1 Å². The predicted octanol–water partition coefficient (Wildman–Crippen LogP) is 1.12. The fraction of sp³-hybridized carbons (Fsp3) is 0.909. The first-order chi connectivity index (χ1) is 6.75. The predicted molar refractivity (Wildman–Crippen MR) is 54.2 cm³/mol. The molecule has 2 rings (SSSR count). The number of hydrogen-bond donors (Lipinski definition) is 1. The Labute approximate surface area is 85.2 Å². The maximum atomic E-state index is 11.7. The highest BCUT2D eigenvalue weighted by Crippen LogP contribution is 2.28. The van der Waals surface area contributed by atoms with E-state index in [4.69, 9.17) is 4.74 Å². The second-order valence-electron chi connectivity index (χ2n) is 4.60. The summed E-state index contributed by atoms with van der Waals surface area (Å²) in [5.74, 6) is 0.806. The molecule has 0 aromatic heterocycles. The van der Waals surface area contributed by atoms with Crippen LogP contribution < -0.4 is 5.32 Å². The zero-order chi connectivity index (χ0) is 9.97. The fourth-order valence-corrected chi connectivity index (χ4v) is 2.14. The van der Waals surface area contributed by atoms with Gasteiger partial charge in [0.1, 0.15) is 5.78 Å². The monoisotopic (exact) mass is 197 g/mol. The average Bonchev–Trinajstić information content (AvgIpc) is 1.99. The highest BCUT2D eigenvalue weighted by atomic mass is 16.5. The molecule has 0 radical (unpaired) electrons. The number of hydrogen-bond acceptors (Lipinski definition) is 3. The smallest absolute Gasteiger partial charge is 0.137 e. The summed E-state index contributed by atoms with van der Waals surface area (Å²) in [6.45, 7) is 3.57. The van der Waals surface area contributed by atoms with Crippen LogP contribution >= 0.6 is 0 Å². The molecule has 0 bridgehead atoms. The van der Waals surface area contributed by atoms with Gasteiger partial charge in [-0.3, -0.25) is 4.79 Å². The molecule has 80 valence electrons. The molecule has 2 fully saturated rings. The molecule has 1 aliphatic carbocycles. The van der Waals surface area contributed by atoms with E-state index in [-0.39, 0.29) is 6.04 Å². The van der Waals surface area contributed by atoms with Crippen LogP contribution in [0.4, 0.5) is 0 Å². The zero-order valence-electron chi connectivity index (χ0n) is 8.79. The maximum absolute atomic E-state index is 11.7. The van der Waals surface area contributed by atoms with E-state index in [2.05, 4.69) is 12.2 Å². The van der Waals surface area contributed by atoms with Gasteiger partial charge in [-0.1, -0.05) is 6.42 Å². The van der Waals surface area contributed by atoms with Crippen molar-refractivity contribution in [3.63, 3.8) is 0 Å². The maximum Gasteiger partial charge on any atom is 0.137 e. The minimum Gasteiger partial charge on any atom is -0.378 e. The molecule has 3 heteroatoms. The van der Waals surface area contributed by atoms with Crippen molar-refractivity contribution in [3.8, 4) is 0 Å². The molecule has 1 aliphatic heterocycles. The fourth-order valence-electron chi connectivity index (χ4n) is 2.14. The minimum absolute atomic E-state index is 0.256. The largest absolute Gasteiger partial charge is 0.378 e. The van der Waals surface area contributed by atoms with Gasteiger partial charge in [0.25, 0.3) is 0 Å². The lowest BCUT2D eigenvalue weighted by Gasteiger charge is -2.31. The summed E-state index contributed by atoms with van der Waals surface area (Å²) in [5, 5.41) is 3.40. The Hall–Kier alpha value is -0.410. The number of ether oxygens (including phenoxy) is 1. The topological polar surface area (TPSA) is 38.3 Å². The van der Waals surface area contributed by atoms with E-state index in [1.165, 1.54) is 6.42 Å². The van der Waals surface area contributed by atoms with E-state index >= 15 is 0 Å². The van der Waals surface area contributed by atoms with E-state index in [0.29, 0.717) is 30.8 Å². The lowest BCUT2D eigenvalue weighted by atomic mass is 9.80. The standard InChI is InChI=1S/C11H19NO2/c1-8-6-14-7-10(12-8)5-11(13)9-3-2-4-9/h8-10,12H,2-7H2,1H3. The molecule has 1 N–H and O–H groups in total. The summed E-state index contributed by atoms with van der Waals surface area (Å²) in [5.41, 5.74) is 0. The van der Waals surface area contributed by atoms with Crippen LogP contribution in [0.25, 0.3) is 0 Å². The third-order valence-corrected chi connectivity index (χ3v) is 3.22. The van der Waals surface area contributed by atoms with Crippen molar-refractivity contribution in [2.24, 2.45) is 5.92 Å². The SMILES string of the molecule is CC1COCC(CC(=O)C2CCC2)N1. The molecule has 1 saturated carbocycles. The van der Waals surface area contributed by atoms with Gasteiger partial charge in [0.2, 0.25) is 0 Å². The molecule has 1 saturated heterocycles. The van der Waals surface area contributed by atoms with E-state index < -0.39 is 0 Å². The Morgan fingerprint density at radius 2 is 2.21 bits per heavy atom. The lowest BCUT2D eigenvalue weighted by molar-refractivity contribution is -0.126. The van der Waals surface area contributed by atoms with Crippen molar-refractivity contribution in [3.05, 3.63) is 0 Å². The van der Waals surface area contributed by atoms with Crippen LogP contribution in [-0.4, -0.2) is 31.1 Å². The summed E-state index contributed by atoms with van der Waals surface area (Å²) in [6, 6.07) is 0.648. The van der Waals surface area contributed by atoms with E-state index in [1.54, 1.807) is 0 Å². The van der Waals surface area contributed by atoms with Gasteiger partial charge in [-0.25, -0.2) is 0 Å². The van der Waals surface area contributed by atoms with Crippen molar-refractivity contribution < 1.29 is 9.53 Å². The Morgan fingerprint density at radius 1 is 1.43 bits per heavy atom. The summed E-state index contributed by atoms with van der Waals surface area (Å²) in [6.07, 6.45) is 4.13. The highest BCUT2D eigenvalue weighted by Gasteiger charge is 2.28. The Morgan fingerprint density at radius 3 is 2.79 bits per heavy atom. The molecule has 2 unspecified atom stereocenters. The number of rotatable bonds is 3. The second-order valence-corrected chi connectivity index (χ2v) is 4.60. The summed E-state index contributed by atoms with van der Waals surface area (Å²) < 4.78 is 5.41. The molecular weight excluding hydrogens is 178 g/mol. The Kier molecular flexibility index (Phi) is 3.19. The van der Waals surface area contributed by atoms with Gasteiger partial charge >= 0.3 is 0 Å². The van der Waals surface area contributed by atoms with Crippen molar-refractivity contribution in [2.45, 2.75) is 44.7 Å². The van der Waals surface area contributed by atoms with Gasteiger partial charge in [0, 0.05) is 24.4 Å². The zero-order valence-corrected chi connectivity index (χ0v) is 8.79. The number of carbonyl (C=O) groups is 1. The van der Waals surface area contributed by atoms with Gasteiger partial charge in [0.15, 0.2) is 0 Å². The van der Waals surface area contributed by atoms with Gasteiger partial charge in [-0.2, -0.15) is 0 Å². The van der Waals surface area contributed by atoms with Crippen molar-refractivity contribution in [1.82, 2.24) is 5.32 Å². The van der Waals surface area contributed by atoms with Gasteiger partial charge in [-0.05, 0) is 19.8 Å². The first-order valence-corrected chi connectivity index (χ1v) is 5.62. The van der Waals surface area contributed by atoms with Crippen LogP contribution in [0.2, 0.25) is 0 Å². The normalized spacial score (nSPS) is 33.8.